The minimum atomic E-state index is -0.480. The number of pyridine rings is 1. The lowest BCUT2D eigenvalue weighted by Gasteiger charge is -2.27. The van der Waals surface area contributed by atoms with Crippen LogP contribution >= 0.6 is 0 Å². The van der Waals surface area contributed by atoms with E-state index in [0.717, 1.165) is 42.4 Å². The van der Waals surface area contributed by atoms with Gasteiger partial charge in [-0.1, -0.05) is 0 Å². The first-order valence-corrected chi connectivity index (χ1v) is 12.8. The second-order valence-corrected chi connectivity index (χ2v) is 10.9. The molecule has 4 fully saturated rings. The van der Waals surface area contributed by atoms with Crippen LogP contribution in [0.4, 0.5) is 15.8 Å². The van der Waals surface area contributed by atoms with Gasteiger partial charge in [-0.05, 0) is 56.6 Å². The molecule has 186 valence electrons. The standard InChI is InChI=1S/C27H30FN7O/c1-15-11-35-13-19(10-22(28)26(35)29-15)31-27(36)20-3-4-24(21-14-33(2)32-25(20)21)34-6-5-18(12-34)30-23-9-16-7-17(23)8-16/h3-4,10-11,13-14,16-18,23,30H,5-9,12H2,1-2H3,(H,31,36)/t16?,17?,18-,23?/m0/s1. The maximum atomic E-state index is 14.5. The predicted molar refractivity (Wildman–Crippen MR) is 137 cm³/mol. The van der Waals surface area contributed by atoms with E-state index in [1.807, 2.05) is 25.4 Å². The average Bonchev–Trinajstić information content (AvgIpc) is 3.61. The second kappa shape index (κ2) is 8.03. The van der Waals surface area contributed by atoms with Crippen LogP contribution < -0.4 is 15.5 Å². The number of fused-ring (bicyclic) bond motifs is 3. The van der Waals surface area contributed by atoms with Gasteiger partial charge < -0.3 is 19.9 Å². The van der Waals surface area contributed by atoms with Gasteiger partial charge in [-0.3, -0.25) is 9.48 Å². The summed E-state index contributed by atoms with van der Waals surface area (Å²) in [7, 11) is 1.87. The smallest absolute Gasteiger partial charge is 0.257 e. The third kappa shape index (κ3) is 3.56. The molecule has 2 N–H and O–H groups in total. The van der Waals surface area contributed by atoms with Crippen LogP contribution in [0.25, 0.3) is 16.6 Å². The van der Waals surface area contributed by atoms with Gasteiger partial charge in [-0.25, -0.2) is 9.37 Å². The van der Waals surface area contributed by atoms with Gasteiger partial charge in [0.25, 0.3) is 5.91 Å². The number of aromatic nitrogens is 4. The number of hydrogen-bond donors (Lipinski definition) is 2. The minimum absolute atomic E-state index is 0.241. The minimum Gasteiger partial charge on any atom is -0.369 e. The Morgan fingerprint density at radius 2 is 2.03 bits per heavy atom. The molecular weight excluding hydrogens is 457 g/mol. The van der Waals surface area contributed by atoms with Crippen molar-refractivity contribution in [2.75, 3.05) is 23.3 Å². The molecule has 8 nitrogen and oxygen atoms in total. The monoisotopic (exact) mass is 487 g/mol. The van der Waals surface area contributed by atoms with Gasteiger partial charge in [0, 0.05) is 68.0 Å². The summed E-state index contributed by atoms with van der Waals surface area (Å²) in [6.07, 6.45) is 10.7. The van der Waals surface area contributed by atoms with Crippen LogP contribution in [0.15, 0.2) is 36.8 Å². The van der Waals surface area contributed by atoms with Crippen molar-refractivity contribution in [3.05, 3.63) is 53.9 Å². The Hall–Kier alpha value is -3.46. The summed E-state index contributed by atoms with van der Waals surface area (Å²) in [5, 5.41) is 12.4. The third-order valence-electron chi connectivity index (χ3n) is 8.30. The van der Waals surface area contributed by atoms with Crippen molar-refractivity contribution in [2.45, 2.75) is 44.7 Å². The van der Waals surface area contributed by atoms with E-state index in [2.05, 4.69) is 25.6 Å². The molecule has 1 saturated heterocycles. The quantitative estimate of drug-likeness (QED) is 0.447. The second-order valence-electron chi connectivity index (χ2n) is 10.9. The zero-order chi connectivity index (χ0) is 24.6. The largest absolute Gasteiger partial charge is 0.369 e. The number of hydrogen-bond acceptors (Lipinski definition) is 5. The fourth-order valence-corrected chi connectivity index (χ4v) is 6.59. The molecule has 1 aromatic carbocycles. The number of benzene rings is 1. The summed E-state index contributed by atoms with van der Waals surface area (Å²) in [5.74, 6) is 1.05. The van der Waals surface area contributed by atoms with Gasteiger partial charge in [0.15, 0.2) is 11.5 Å². The molecule has 1 unspecified atom stereocenters. The molecule has 3 saturated carbocycles. The van der Waals surface area contributed by atoms with Gasteiger partial charge in [-0.15, -0.1) is 0 Å². The SMILES string of the molecule is Cc1cn2cc(NC(=O)c3ccc(N4CC[C@H](NC5CC6CC5C6)C4)c4cn(C)nc34)cc(F)c2n1. The molecule has 2 atom stereocenters. The lowest BCUT2D eigenvalue weighted by atomic mass is 9.84. The van der Waals surface area contributed by atoms with Gasteiger partial charge in [0.05, 0.1) is 16.9 Å². The highest BCUT2D eigenvalue weighted by atomic mass is 19.1. The highest BCUT2D eigenvalue weighted by molar-refractivity contribution is 6.13. The Bertz CT molecular complexity index is 1500. The molecule has 4 aliphatic rings. The van der Waals surface area contributed by atoms with E-state index in [-0.39, 0.29) is 11.6 Å². The Balaban J connectivity index is 1.13. The van der Waals surface area contributed by atoms with Crippen molar-refractivity contribution in [1.82, 2.24) is 24.5 Å². The Morgan fingerprint density at radius 3 is 2.83 bits per heavy atom. The van der Waals surface area contributed by atoms with Crippen LogP contribution in [-0.2, 0) is 7.05 Å². The lowest BCUT2D eigenvalue weighted by Crippen LogP contribution is -2.41. The van der Waals surface area contributed by atoms with Crippen molar-refractivity contribution in [3.8, 4) is 0 Å². The Morgan fingerprint density at radius 1 is 1.17 bits per heavy atom. The van der Waals surface area contributed by atoms with Crippen molar-refractivity contribution in [1.29, 1.82) is 0 Å². The van der Waals surface area contributed by atoms with Crippen molar-refractivity contribution in [2.24, 2.45) is 18.9 Å². The van der Waals surface area contributed by atoms with Crippen LogP contribution in [-0.4, -0.2) is 50.2 Å². The summed E-state index contributed by atoms with van der Waals surface area (Å²) in [6.45, 7) is 3.75. The molecule has 3 aromatic heterocycles. The molecule has 1 amide bonds. The number of anilines is 2. The van der Waals surface area contributed by atoms with E-state index < -0.39 is 5.82 Å². The van der Waals surface area contributed by atoms with E-state index in [4.69, 9.17) is 0 Å². The van der Waals surface area contributed by atoms with Crippen molar-refractivity contribution < 1.29 is 9.18 Å². The number of halogens is 1. The average molecular weight is 488 g/mol. The first-order valence-electron chi connectivity index (χ1n) is 12.8. The summed E-state index contributed by atoms with van der Waals surface area (Å²) < 4.78 is 17.9. The summed E-state index contributed by atoms with van der Waals surface area (Å²) in [4.78, 5) is 19.9. The highest BCUT2D eigenvalue weighted by Gasteiger charge is 2.45. The van der Waals surface area contributed by atoms with Crippen molar-refractivity contribution >= 4 is 33.8 Å². The molecule has 4 aromatic rings. The fourth-order valence-electron chi connectivity index (χ4n) is 6.59. The molecule has 9 heteroatoms. The molecule has 3 aliphatic carbocycles. The third-order valence-corrected chi connectivity index (χ3v) is 8.30. The lowest BCUT2D eigenvalue weighted by molar-refractivity contribution is 0.102. The summed E-state index contributed by atoms with van der Waals surface area (Å²) >= 11 is 0. The van der Waals surface area contributed by atoms with Gasteiger partial charge in [0.1, 0.15) is 5.52 Å². The van der Waals surface area contributed by atoms with E-state index in [1.54, 1.807) is 28.4 Å². The van der Waals surface area contributed by atoms with Gasteiger partial charge in [0.2, 0.25) is 0 Å². The number of rotatable bonds is 5. The zero-order valence-corrected chi connectivity index (χ0v) is 20.5. The molecule has 0 spiro atoms. The summed E-state index contributed by atoms with van der Waals surface area (Å²) in [5.41, 5.74) is 3.55. The Kier molecular flexibility index (Phi) is 4.86. The fraction of sp³-hybridized carbons (Fsp3) is 0.444. The van der Waals surface area contributed by atoms with Crippen LogP contribution in [0, 0.1) is 24.6 Å². The van der Waals surface area contributed by atoms with Crippen LogP contribution in [0.1, 0.15) is 41.7 Å². The van der Waals surface area contributed by atoms with Crippen molar-refractivity contribution in [3.63, 3.8) is 0 Å². The highest BCUT2D eigenvalue weighted by Crippen LogP contribution is 2.48. The first-order chi connectivity index (χ1) is 17.4. The number of aryl methyl sites for hydroxylation is 2. The zero-order valence-electron chi connectivity index (χ0n) is 20.5. The van der Waals surface area contributed by atoms with Crippen LogP contribution in [0.5, 0.6) is 0 Å². The molecule has 4 heterocycles. The predicted octanol–water partition coefficient (Wildman–Crippen LogP) is 3.89. The molecule has 36 heavy (non-hydrogen) atoms. The molecule has 1 aliphatic heterocycles. The van der Waals surface area contributed by atoms with E-state index in [9.17, 15) is 9.18 Å². The number of carbonyl (C=O) groups excluding carboxylic acids is 1. The maximum Gasteiger partial charge on any atom is 0.257 e. The topological polar surface area (TPSA) is 79.5 Å². The van der Waals surface area contributed by atoms with E-state index >= 15 is 0 Å². The number of carbonyl (C=O) groups is 1. The van der Waals surface area contributed by atoms with Gasteiger partial charge in [-0.2, -0.15) is 5.10 Å². The van der Waals surface area contributed by atoms with E-state index in [0.29, 0.717) is 34.5 Å². The number of amides is 1. The van der Waals surface area contributed by atoms with Gasteiger partial charge >= 0.3 is 0 Å². The first kappa shape index (κ1) is 21.8. The molecule has 8 rings (SSSR count). The molecule has 2 bridgehead atoms. The Labute approximate surface area is 208 Å². The molecule has 0 radical (unpaired) electrons. The molecular formula is C27H30FN7O. The number of nitrogens with one attached hydrogen (secondary N) is 2. The summed E-state index contributed by atoms with van der Waals surface area (Å²) in [6, 6.07) is 6.36. The normalized spacial score (nSPS) is 25.1. The maximum absolute atomic E-state index is 14.5. The van der Waals surface area contributed by atoms with Crippen LogP contribution in [0.2, 0.25) is 0 Å². The number of nitrogens with zero attached hydrogens (tertiary/aromatic N) is 5. The number of imidazole rings is 1. The van der Waals surface area contributed by atoms with E-state index in [1.165, 1.54) is 25.3 Å². The van der Waals surface area contributed by atoms with Crippen LogP contribution in [0.3, 0.4) is 0 Å².